The fraction of sp³-hybridized carbons (Fsp3) is 0.556. The van der Waals surface area contributed by atoms with E-state index in [0.29, 0.717) is 18.5 Å². The molecule has 1 aromatic heterocycles. The van der Waals surface area contributed by atoms with Crippen molar-refractivity contribution in [3.8, 4) is 0 Å². The SMILES string of the molecule is CCCCCCCCn1nnc(C(F)(F)F)c1C(O)c1ccccc1. The normalized spacial score (nSPS) is 13.2. The number of alkyl halides is 3. The number of aliphatic hydroxyl groups excluding tert-OH is 1. The van der Waals surface area contributed by atoms with Gasteiger partial charge in [0.25, 0.3) is 0 Å². The van der Waals surface area contributed by atoms with Crippen molar-refractivity contribution in [3.05, 3.63) is 47.3 Å². The van der Waals surface area contributed by atoms with Gasteiger partial charge in [0.1, 0.15) is 11.8 Å². The number of hydrogen-bond acceptors (Lipinski definition) is 3. The molecule has 0 bridgehead atoms. The van der Waals surface area contributed by atoms with Crippen LogP contribution in [-0.2, 0) is 12.7 Å². The molecule has 1 heterocycles. The van der Waals surface area contributed by atoms with Gasteiger partial charge in [0.15, 0.2) is 5.69 Å². The molecule has 0 aliphatic heterocycles. The van der Waals surface area contributed by atoms with Gasteiger partial charge in [0.05, 0.1) is 0 Å². The van der Waals surface area contributed by atoms with Crippen LogP contribution < -0.4 is 0 Å². The molecular weight excluding hydrogens is 331 g/mol. The summed E-state index contributed by atoms with van der Waals surface area (Å²) in [7, 11) is 0. The summed E-state index contributed by atoms with van der Waals surface area (Å²) < 4.78 is 40.9. The first-order valence-electron chi connectivity index (χ1n) is 8.68. The monoisotopic (exact) mass is 355 g/mol. The van der Waals surface area contributed by atoms with Gasteiger partial charge < -0.3 is 5.11 Å². The first-order valence-corrected chi connectivity index (χ1v) is 8.68. The minimum atomic E-state index is -4.65. The lowest BCUT2D eigenvalue weighted by molar-refractivity contribution is -0.142. The van der Waals surface area contributed by atoms with E-state index in [-0.39, 0.29) is 5.69 Å². The summed E-state index contributed by atoms with van der Waals surface area (Å²) in [6.45, 7) is 2.44. The summed E-state index contributed by atoms with van der Waals surface area (Å²) in [6, 6.07) is 8.27. The molecule has 0 saturated carbocycles. The summed E-state index contributed by atoms with van der Waals surface area (Å²) in [5.41, 5.74) is -1.01. The van der Waals surface area contributed by atoms with Crippen LogP contribution in [0.15, 0.2) is 30.3 Å². The van der Waals surface area contributed by atoms with Crippen LogP contribution in [-0.4, -0.2) is 20.1 Å². The van der Waals surface area contributed by atoms with E-state index in [9.17, 15) is 18.3 Å². The number of aliphatic hydroxyl groups is 1. The van der Waals surface area contributed by atoms with Gasteiger partial charge in [-0.3, -0.25) is 0 Å². The van der Waals surface area contributed by atoms with Crippen molar-refractivity contribution in [2.45, 2.75) is 64.3 Å². The molecular formula is C18H24F3N3O. The number of rotatable bonds is 9. The molecule has 0 aliphatic rings. The molecule has 0 saturated heterocycles. The summed E-state index contributed by atoms with van der Waals surface area (Å²) in [5, 5.41) is 17.4. The van der Waals surface area contributed by atoms with E-state index in [4.69, 9.17) is 0 Å². The average Bonchev–Trinajstić information content (AvgIpc) is 3.02. The van der Waals surface area contributed by atoms with E-state index in [1.54, 1.807) is 30.3 Å². The Morgan fingerprint density at radius 3 is 2.32 bits per heavy atom. The van der Waals surface area contributed by atoms with Crippen LogP contribution in [0.2, 0.25) is 0 Å². The third-order valence-electron chi connectivity index (χ3n) is 4.14. The number of aromatic nitrogens is 3. The van der Waals surface area contributed by atoms with Crippen molar-refractivity contribution in [2.75, 3.05) is 0 Å². The topological polar surface area (TPSA) is 50.9 Å². The predicted molar refractivity (Wildman–Crippen MR) is 88.9 cm³/mol. The Labute approximate surface area is 145 Å². The van der Waals surface area contributed by atoms with Gasteiger partial charge in [-0.05, 0) is 12.0 Å². The van der Waals surface area contributed by atoms with Crippen molar-refractivity contribution >= 4 is 0 Å². The van der Waals surface area contributed by atoms with Crippen LogP contribution in [0.4, 0.5) is 13.2 Å². The number of unbranched alkanes of at least 4 members (excludes halogenated alkanes) is 5. The molecule has 0 aliphatic carbocycles. The minimum absolute atomic E-state index is 0.285. The third kappa shape index (κ3) is 5.29. The Balaban J connectivity index is 2.15. The lowest BCUT2D eigenvalue weighted by Gasteiger charge is -2.15. The first-order chi connectivity index (χ1) is 11.9. The highest BCUT2D eigenvalue weighted by atomic mass is 19.4. The molecule has 0 radical (unpaired) electrons. The quantitative estimate of drug-likeness (QED) is 0.661. The number of benzene rings is 1. The van der Waals surface area contributed by atoms with E-state index in [1.165, 1.54) is 11.1 Å². The molecule has 1 atom stereocenters. The van der Waals surface area contributed by atoms with Crippen molar-refractivity contribution in [1.29, 1.82) is 0 Å². The number of aryl methyl sites for hydroxylation is 1. The van der Waals surface area contributed by atoms with E-state index in [1.807, 2.05) is 0 Å². The largest absolute Gasteiger partial charge is 0.437 e. The Kier molecular flexibility index (Phi) is 6.99. The minimum Gasteiger partial charge on any atom is -0.382 e. The van der Waals surface area contributed by atoms with Gasteiger partial charge in [0.2, 0.25) is 0 Å². The molecule has 2 aromatic rings. The van der Waals surface area contributed by atoms with Crippen molar-refractivity contribution in [1.82, 2.24) is 15.0 Å². The third-order valence-corrected chi connectivity index (χ3v) is 4.14. The summed E-state index contributed by atoms with van der Waals surface area (Å²) in [4.78, 5) is 0. The van der Waals surface area contributed by atoms with Crippen LogP contribution in [0.25, 0.3) is 0 Å². The van der Waals surface area contributed by atoms with Crippen LogP contribution in [0.1, 0.15) is 68.5 Å². The van der Waals surface area contributed by atoms with Gasteiger partial charge in [-0.1, -0.05) is 74.6 Å². The molecule has 0 spiro atoms. The number of hydrogen-bond donors (Lipinski definition) is 1. The van der Waals surface area contributed by atoms with Crippen LogP contribution >= 0.6 is 0 Å². The molecule has 138 valence electrons. The van der Waals surface area contributed by atoms with Gasteiger partial charge >= 0.3 is 6.18 Å². The van der Waals surface area contributed by atoms with Gasteiger partial charge in [-0.15, -0.1) is 5.10 Å². The standard InChI is InChI=1S/C18H24F3N3O/c1-2-3-4-5-6-10-13-24-15(17(22-23-24)18(19,20)21)16(25)14-11-8-7-9-12-14/h7-9,11-12,16,25H,2-6,10,13H2,1H3. The molecule has 25 heavy (non-hydrogen) atoms. The Morgan fingerprint density at radius 2 is 1.68 bits per heavy atom. The highest BCUT2D eigenvalue weighted by Crippen LogP contribution is 2.35. The summed E-state index contributed by atoms with van der Waals surface area (Å²) in [5.74, 6) is 0. The second kappa shape index (κ2) is 8.99. The smallest absolute Gasteiger partial charge is 0.382 e. The fourth-order valence-corrected chi connectivity index (χ4v) is 2.79. The van der Waals surface area contributed by atoms with E-state index in [0.717, 1.165) is 25.7 Å². The zero-order valence-corrected chi connectivity index (χ0v) is 14.3. The Bertz CT molecular complexity index is 641. The summed E-state index contributed by atoms with van der Waals surface area (Å²) >= 11 is 0. The molecule has 0 amide bonds. The summed E-state index contributed by atoms with van der Waals surface area (Å²) in [6.07, 6.45) is 0.0518. The van der Waals surface area contributed by atoms with E-state index in [2.05, 4.69) is 17.2 Å². The van der Waals surface area contributed by atoms with Crippen LogP contribution in [0, 0.1) is 0 Å². The molecule has 1 N–H and O–H groups in total. The van der Waals surface area contributed by atoms with Crippen molar-refractivity contribution in [3.63, 3.8) is 0 Å². The first kappa shape index (κ1) is 19.4. The van der Waals surface area contributed by atoms with Crippen LogP contribution in [0.3, 0.4) is 0 Å². The van der Waals surface area contributed by atoms with E-state index >= 15 is 0 Å². The van der Waals surface area contributed by atoms with Crippen molar-refractivity contribution in [2.24, 2.45) is 0 Å². The molecule has 0 fully saturated rings. The molecule has 4 nitrogen and oxygen atoms in total. The van der Waals surface area contributed by atoms with E-state index < -0.39 is 18.0 Å². The lowest BCUT2D eigenvalue weighted by Crippen LogP contribution is -2.16. The molecule has 1 unspecified atom stereocenters. The van der Waals surface area contributed by atoms with Gasteiger partial charge in [0, 0.05) is 6.54 Å². The molecule has 1 aromatic carbocycles. The Hall–Kier alpha value is -1.89. The number of halogens is 3. The maximum Gasteiger partial charge on any atom is 0.437 e. The average molecular weight is 355 g/mol. The second-order valence-corrected chi connectivity index (χ2v) is 6.13. The van der Waals surface area contributed by atoms with Crippen LogP contribution in [0.5, 0.6) is 0 Å². The number of nitrogens with zero attached hydrogens (tertiary/aromatic N) is 3. The maximum absolute atomic E-state index is 13.2. The fourth-order valence-electron chi connectivity index (χ4n) is 2.79. The highest BCUT2D eigenvalue weighted by Gasteiger charge is 2.40. The van der Waals surface area contributed by atoms with Gasteiger partial charge in [-0.25, -0.2) is 4.68 Å². The molecule has 2 rings (SSSR count). The van der Waals surface area contributed by atoms with Gasteiger partial charge in [-0.2, -0.15) is 13.2 Å². The Morgan fingerprint density at radius 1 is 1.04 bits per heavy atom. The second-order valence-electron chi connectivity index (χ2n) is 6.13. The molecule has 7 heteroatoms. The highest BCUT2D eigenvalue weighted by molar-refractivity contribution is 5.29. The van der Waals surface area contributed by atoms with Crippen molar-refractivity contribution < 1.29 is 18.3 Å². The maximum atomic E-state index is 13.2. The lowest BCUT2D eigenvalue weighted by atomic mass is 10.0. The zero-order valence-electron chi connectivity index (χ0n) is 14.3. The predicted octanol–water partition coefficient (Wildman–Crippen LogP) is 4.74. The zero-order chi connectivity index (χ0) is 18.3.